The minimum atomic E-state index is -0.488. The van der Waals surface area contributed by atoms with Gasteiger partial charge >= 0.3 is 0 Å². The van der Waals surface area contributed by atoms with E-state index in [2.05, 4.69) is 21.2 Å². The molecule has 92 valence electrons. The fourth-order valence-electron chi connectivity index (χ4n) is 1.33. The van der Waals surface area contributed by atoms with Crippen LogP contribution in [0.3, 0.4) is 0 Å². The first kappa shape index (κ1) is 14.2. The van der Waals surface area contributed by atoms with Crippen molar-refractivity contribution in [1.82, 2.24) is 5.32 Å². The van der Waals surface area contributed by atoms with Crippen molar-refractivity contribution in [2.24, 2.45) is 0 Å². The van der Waals surface area contributed by atoms with Crippen LogP contribution in [0.15, 0.2) is 22.7 Å². The Morgan fingerprint density at radius 2 is 2.12 bits per heavy atom. The first-order valence-electron chi connectivity index (χ1n) is 5.24. The monoisotopic (exact) mass is 317 g/mol. The molecule has 0 saturated carbocycles. The Balaban J connectivity index is 2.83. The third kappa shape index (κ3) is 3.82. The Bertz CT molecular complexity index is 448. The Morgan fingerprint density at radius 3 is 2.71 bits per heavy atom. The standard InChI is InChI=1S/C12H13BrClNO2/c1-3-11(16)7(2)15-12(17)9-6-8(14)4-5-10(9)13/h4-7H,3H2,1-2H3,(H,15,17). The summed E-state index contributed by atoms with van der Waals surface area (Å²) in [6.45, 7) is 3.43. The summed E-state index contributed by atoms with van der Waals surface area (Å²) in [7, 11) is 0. The first-order chi connectivity index (χ1) is 7.95. The Morgan fingerprint density at radius 1 is 1.47 bits per heavy atom. The average molecular weight is 319 g/mol. The molecular weight excluding hydrogens is 305 g/mol. The van der Waals surface area contributed by atoms with E-state index in [9.17, 15) is 9.59 Å². The molecule has 1 rings (SSSR count). The first-order valence-corrected chi connectivity index (χ1v) is 6.41. The van der Waals surface area contributed by atoms with Crippen molar-refractivity contribution in [3.63, 3.8) is 0 Å². The zero-order chi connectivity index (χ0) is 13.0. The van der Waals surface area contributed by atoms with Gasteiger partial charge in [0, 0.05) is 15.9 Å². The van der Waals surface area contributed by atoms with Gasteiger partial charge in [-0.2, -0.15) is 0 Å². The van der Waals surface area contributed by atoms with Crippen molar-refractivity contribution in [1.29, 1.82) is 0 Å². The molecule has 1 amide bonds. The molecule has 5 heteroatoms. The molecule has 0 aromatic heterocycles. The number of rotatable bonds is 4. The summed E-state index contributed by atoms with van der Waals surface area (Å²) < 4.78 is 0.649. The van der Waals surface area contributed by atoms with E-state index >= 15 is 0 Å². The molecule has 0 bridgehead atoms. The second kappa shape index (κ2) is 6.17. The third-order valence-corrected chi connectivity index (χ3v) is 3.28. The smallest absolute Gasteiger partial charge is 0.253 e. The van der Waals surface area contributed by atoms with Crippen LogP contribution >= 0.6 is 27.5 Å². The number of nitrogens with one attached hydrogen (secondary N) is 1. The summed E-state index contributed by atoms with van der Waals surface area (Å²) in [5.74, 6) is -0.315. The molecule has 0 aliphatic carbocycles. The highest BCUT2D eigenvalue weighted by atomic mass is 79.9. The van der Waals surface area contributed by atoms with Crippen molar-refractivity contribution in [2.75, 3.05) is 0 Å². The molecule has 0 heterocycles. The molecule has 1 unspecified atom stereocenters. The number of ketones is 1. The molecule has 1 atom stereocenters. The molecule has 1 N–H and O–H groups in total. The number of hydrogen-bond donors (Lipinski definition) is 1. The van der Waals surface area contributed by atoms with Gasteiger partial charge in [-0.05, 0) is 41.1 Å². The summed E-state index contributed by atoms with van der Waals surface area (Å²) in [4.78, 5) is 23.3. The van der Waals surface area contributed by atoms with E-state index in [4.69, 9.17) is 11.6 Å². The van der Waals surface area contributed by atoms with Crippen LogP contribution in [0.5, 0.6) is 0 Å². The molecule has 0 spiro atoms. The molecule has 3 nitrogen and oxygen atoms in total. The van der Waals surface area contributed by atoms with Gasteiger partial charge in [0.1, 0.15) is 0 Å². The van der Waals surface area contributed by atoms with E-state index in [-0.39, 0.29) is 11.7 Å². The van der Waals surface area contributed by atoms with Crippen LogP contribution < -0.4 is 5.32 Å². The molecular formula is C12H13BrClNO2. The maximum Gasteiger partial charge on any atom is 0.253 e. The van der Waals surface area contributed by atoms with Gasteiger partial charge in [0.05, 0.1) is 11.6 Å². The highest BCUT2D eigenvalue weighted by Gasteiger charge is 2.16. The fourth-order valence-corrected chi connectivity index (χ4v) is 1.93. The van der Waals surface area contributed by atoms with E-state index in [0.717, 1.165) is 0 Å². The zero-order valence-corrected chi connectivity index (χ0v) is 11.9. The molecule has 0 fully saturated rings. The number of Topliss-reactive ketones (excluding diaryl/α,β-unsaturated/α-hetero) is 1. The number of carbonyl (C=O) groups is 2. The van der Waals surface area contributed by atoms with Crippen molar-refractivity contribution in [3.05, 3.63) is 33.3 Å². The van der Waals surface area contributed by atoms with E-state index in [0.29, 0.717) is 21.5 Å². The molecule has 0 aliphatic rings. The van der Waals surface area contributed by atoms with Crippen molar-refractivity contribution < 1.29 is 9.59 Å². The number of carbonyl (C=O) groups excluding carboxylic acids is 2. The van der Waals surface area contributed by atoms with Gasteiger partial charge in [-0.1, -0.05) is 18.5 Å². The van der Waals surface area contributed by atoms with E-state index in [1.807, 2.05) is 0 Å². The van der Waals surface area contributed by atoms with Gasteiger partial charge in [-0.15, -0.1) is 0 Å². The van der Waals surface area contributed by atoms with Gasteiger partial charge in [-0.3, -0.25) is 9.59 Å². The molecule has 1 aromatic rings. The van der Waals surface area contributed by atoms with Gasteiger partial charge < -0.3 is 5.32 Å². The number of halogens is 2. The number of hydrogen-bond acceptors (Lipinski definition) is 2. The molecule has 0 radical (unpaired) electrons. The van der Waals surface area contributed by atoms with Crippen molar-refractivity contribution in [3.8, 4) is 0 Å². The zero-order valence-electron chi connectivity index (χ0n) is 9.59. The van der Waals surface area contributed by atoms with E-state index in [1.165, 1.54) is 0 Å². The van der Waals surface area contributed by atoms with Crippen LogP contribution in [0.2, 0.25) is 5.02 Å². The fraction of sp³-hybridized carbons (Fsp3) is 0.333. The SMILES string of the molecule is CCC(=O)C(C)NC(=O)c1cc(Cl)ccc1Br. The van der Waals surface area contributed by atoms with Gasteiger partial charge in [0.25, 0.3) is 5.91 Å². The Hall–Kier alpha value is -0.870. The van der Waals surface area contributed by atoms with Crippen molar-refractivity contribution >= 4 is 39.2 Å². The molecule has 0 aliphatic heterocycles. The van der Waals surface area contributed by atoms with E-state index in [1.54, 1.807) is 32.0 Å². The lowest BCUT2D eigenvalue weighted by Crippen LogP contribution is -2.38. The van der Waals surface area contributed by atoms with Gasteiger partial charge in [0.2, 0.25) is 0 Å². The topological polar surface area (TPSA) is 46.2 Å². The second-order valence-electron chi connectivity index (χ2n) is 3.64. The van der Waals surface area contributed by atoms with Crippen molar-refractivity contribution in [2.45, 2.75) is 26.3 Å². The van der Waals surface area contributed by atoms with Crippen LogP contribution in [-0.4, -0.2) is 17.7 Å². The predicted molar refractivity (Wildman–Crippen MR) is 71.4 cm³/mol. The predicted octanol–water partition coefficient (Wildman–Crippen LogP) is 3.20. The van der Waals surface area contributed by atoms with Crippen LogP contribution in [0.4, 0.5) is 0 Å². The van der Waals surface area contributed by atoms with Gasteiger partial charge in [-0.25, -0.2) is 0 Å². The van der Waals surface area contributed by atoms with Crippen LogP contribution in [0.25, 0.3) is 0 Å². The summed E-state index contributed by atoms with van der Waals surface area (Å²) in [5.41, 5.74) is 0.424. The maximum absolute atomic E-state index is 11.9. The summed E-state index contributed by atoms with van der Waals surface area (Å²) >= 11 is 9.09. The van der Waals surface area contributed by atoms with Crippen LogP contribution in [0, 0.1) is 0 Å². The second-order valence-corrected chi connectivity index (χ2v) is 4.93. The lowest BCUT2D eigenvalue weighted by atomic mass is 10.1. The summed E-state index contributed by atoms with van der Waals surface area (Å²) in [6.07, 6.45) is 0.401. The minimum absolute atomic E-state index is 0.00324. The summed E-state index contributed by atoms with van der Waals surface area (Å²) in [5, 5.41) is 3.12. The third-order valence-electron chi connectivity index (χ3n) is 2.35. The quantitative estimate of drug-likeness (QED) is 0.926. The molecule has 17 heavy (non-hydrogen) atoms. The minimum Gasteiger partial charge on any atom is -0.342 e. The molecule has 1 aromatic carbocycles. The van der Waals surface area contributed by atoms with Gasteiger partial charge in [0.15, 0.2) is 5.78 Å². The van der Waals surface area contributed by atoms with Crippen LogP contribution in [0.1, 0.15) is 30.6 Å². The highest BCUT2D eigenvalue weighted by molar-refractivity contribution is 9.10. The Kier molecular flexibility index (Phi) is 5.15. The molecule has 0 saturated heterocycles. The maximum atomic E-state index is 11.9. The lowest BCUT2D eigenvalue weighted by molar-refractivity contribution is -0.120. The average Bonchev–Trinajstić information content (AvgIpc) is 2.30. The van der Waals surface area contributed by atoms with E-state index < -0.39 is 6.04 Å². The number of benzene rings is 1. The summed E-state index contributed by atoms with van der Waals surface area (Å²) in [6, 6.07) is 4.45. The normalized spacial score (nSPS) is 12.0. The largest absolute Gasteiger partial charge is 0.342 e. The number of amides is 1. The van der Waals surface area contributed by atoms with Crippen LogP contribution in [-0.2, 0) is 4.79 Å². The Labute approximate surface area is 114 Å². The highest BCUT2D eigenvalue weighted by Crippen LogP contribution is 2.21. The lowest BCUT2D eigenvalue weighted by Gasteiger charge is -2.12.